The number of hydrogen-bond donors (Lipinski definition) is 1. The monoisotopic (exact) mass is 159 g/mol. The second kappa shape index (κ2) is 5.88. The van der Waals surface area contributed by atoms with Gasteiger partial charge in [-0.15, -0.1) is 0 Å². The maximum atomic E-state index is 10.8. The van der Waals surface area contributed by atoms with Gasteiger partial charge < -0.3 is 15.2 Å². The summed E-state index contributed by atoms with van der Waals surface area (Å²) in [4.78, 5) is 10.8. The van der Waals surface area contributed by atoms with Crippen LogP contribution in [0.25, 0.3) is 0 Å². The van der Waals surface area contributed by atoms with Crippen LogP contribution in [0, 0.1) is 0 Å². The molecule has 0 rings (SSSR count). The van der Waals surface area contributed by atoms with Crippen molar-refractivity contribution in [3.8, 4) is 0 Å². The van der Waals surface area contributed by atoms with Gasteiger partial charge in [0.15, 0.2) is 6.79 Å². The Hall–Kier alpha value is -0.870. The maximum absolute atomic E-state index is 10.8. The first-order valence-corrected chi connectivity index (χ1v) is 3.26. The van der Waals surface area contributed by atoms with E-state index < -0.39 is 5.97 Å². The molecule has 2 N–H and O–H groups in total. The number of carbonyl (C=O) groups is 1. The summed E-state index contributed by atoms with van der Waals surface area (Å²) in [5.74, 6) is -0.447. The Bertz CT molecular complexity index is 145. The Balaban J connectivity index is 3.56. The van der Waals surface area contributed by atoms with E-state index in [-0.39, 0.29) is 6.79 Å². The molecule has 0 aliphatic carbocycles. The average Bonchev–Trinajstić information content (AvgIpc) is 2.00. The Morgan fingerprint density at radius 3 is 2.73 bits per heavy atom. The second-order valence-electron chi connectivity index (χ2n) is 1.98. The van der Waals surface area contributed by atoms with E-state index in [4.69, 9.17) is 5.73 Å². The zero-order valence-electron chi connectivity index (χ0n) is 6.63. The summed E-state index contributed by atoms with van der Waals surface area (Å²) in [6.07, 6.45) is 0.461. The fourth-order valence-electron chi connectivity index (χ4n) is 0.491. The van der Waals surface area contributed by atoms with Crippen LogP contribution in [0.1, 0.15) is 6.42 Å². The van der Waals surface area contributed by atoms with Gasteiger partial charge in [0.1, 0.15) is 0 Å². The summed E-state index contributed by atoms with van der Waals surface area (Å²) in [6.45, 7) is 3.85. The van der Waals surface area contributed by atoms with E-state index in [9.17, 15) is 4.79 Å². The van der Waals surface area contributed by atoms with Crippen molar-refractivity contribution >= 4 is 5.97 Å². The van der Waals surface area contributed by atoms with Gasteiger partial charge in [0.25, 0.3) is 0 Å². The smallest absolute Gasteiger partial charge is 0.335 e. The van der Waals surface area contributed by atoms with Gasteiger partial charge in [-0.3, -0.25) is 0 Å². The highest BCUT2D eigenvalue weighted by atomic mass is 16.7. The summed E-state index contributed by atoms with van der Waals surface area (Å²) in [6, 6.07) is 0. The predicted molar refractivity (Wildman–Crippen MR) is 40.8 cm³/mol. The number of ether oxygens (including phenoxy) is 2. The highest BCUT2D eigenvalue weighted by Gasteiger charge is 2.05. The SMILES string of the molecule is C=C(CCN)C(=O)OCOC. The van der Waals surface area contributed by atoms with Gasteiger partial charge in [-0.05, 0) is 13.0 Å². The van der Waals surface area contributed by atoms with Crippen molar-refractivity contribution < 1.29 is 14.3 Å². The van der Waals surface area contributed by atoms with E-state index in [1.54, 1.807) is 0 Å². The third-order valence-electron chi connectivity index (χ3n) is 1.04. The summed E-state index contributed by atoms with van der Waals surface area (Å²) >= 11 is 0. The van der Waals surface area contributed by atoms with Gasteiger partial charge in [-0.25, -0.2) is 4.79 Å². The number of hydrogen-bond acceptors (Lipinski definition) is 4. The van der Waals surface area contributed by atoms with Crippen LogP contribution in [-0.2, 0) is 14.3 Å². The fourth-order valence-corrected chi connectivity index (χ4v) is 0.491. The van der Waals surface area contributed by atoms with E-state index >= 15 is 0 Å². The topological polar surface area (TPSA) is 61.6 Å². The Morgan fingerprint density at radius 1 is 1.64 bits per heavy atom. The van der Waals surface area contributed by atoms with Crippen molar-refractivity contribution in [3.63, 3.8) is 0 Å². The highest BCUT2D eigenvalue weighted by molar-refractivity contribution is 5.87. The molecule has 0 radical (unpaired) electrons. The van der Waals surface area contributed by atoms with Crippen molar-refractivity contribution in [2.75, 3.05) is 20.4 Å². The second-order valence-corrected chi connectivity index (χ2v) is 1.98. The summed E-state index contributed by atoms with van der Waals surface area (Å²) in [7, 11) is 1.44. The van der Waals surface area contributed by atoms with Gasteiger partial charge in [-0.2, -0.15) is 0 Å². The molecule has 0 saturated heterocycles. The van der Waals surface area contributed by atoms with Crippen molar-refractivity contribution in [3.05, 3.63) is 12.2 Å². The van der Waals surface area contributed by atoms with E-state index in [1.165, 1.54) is 7.11 Å². The van der Waals surface area contributed by atoms with Crippen LogP contribution in [0.15, 0.2) is 12.2 Å². The molecule has 0 bridgehead atoms. The van der Waals surface area contributed by atoms with E-state index in [2.05, 4.69) is 16.1 Å². The van der Waals surface area contributed by atoms with Crippen LogP contribution in [0.2, 0.25) is 0 Å². The van der Waals surface area contributed by atoms with Gasteiger partial charge in [0.2, 0.25) is 0 Å². The average molecular weight is 159 g/mol. The molecule has 0 amide bonds. The standard InChI is InChI=1S/C7H13NO3/c1-6(3-4-8)7(9)11-5-10-2/h1,3-5,8H2,2H3. The Morgan fingerprint density at radius 2 is 2.27 bits per heavy atom. The molecule has 0 aromatic heterocycles. The minimum Gasteiger partial charge on any atom is -0.435 e. The summed E-state index contributed by atoms with van der Waals surface area (Å²) < 4.78 is 9.11. The van der Waals surface area contributed by atoms with Crippen molar-refractivity contribution in [2.45, 2.75) is 6.42 Å². The molecule has 0 aliphatic heterocycles. The van der Waals surface area contributed by atoms with Crippen LogP contribution in [-0.4, -0.2) is 26.4 Å². The molecule has 0 heterocycles. The van der Waals surface area contributed by atoms with E-state index in [1.807, 2.05) is 0 Å². The van der Waals surface area contributed by atoms with Crippen molar-refractivity contribution in [1.82, 2.24) is 0 Å². The number of carbonyl (C=O) groups excluding carboxylic acids is 1. The zero-order valence-corrected chi connectivity index (χ0v) is 6.63. The van der Waals surface area contributed by atoms with Crippen LogP contribution in [0.5, 0.6) is 0 Å². The molecule has 0 saturated carbocycles. The third-order valence-corrected chi connectivity index (χ3v) is 1.04. The molecule has 0 fully saturated rings. The number of rotatable bonds is 5. The molecule has 0 spiro atoms. The van der Waals surface area contributed by atoms with Crippen LogP contribution >= 0.6 is 0 Å². The highest BCUT2D eigenvalue weighted by Crippen LogP contribution is 1.98. The molecule has 11 heavy (non-hydrogen) atoms. The van der Waals surface area contributed by atoms with Crippen LogP contribution < -0.4 is 5.73 Å². The van der Waals surface area contributed by atoms with Gasteiger partial charge in [0, 0.05) is 12.7 Å². The number of nitrogens with two attached hydrogens (primary N) is 1. The van der Waals surface area contributed by atoms with Crippen LogP contribution in [0.3, 0.4) is 0 Å². The molecule has 64 valence electrons. The number of esters is 1. The predicted octanol–water partition coefficient (Wildman–Crippen LogP) is 0.0385. The summed E-state index contributed by atoms with van der Waals surface area (Å²) in [5.41, 5.74) is 5.58. The zero-order chi connectivity index (χ0) is 8.69. The summed E-state index contributed by atoms with van der Waals surface area (Å²) in [5, 5.41) is 0. The minimum atomic E-state index is -0.447. The van der Waals surface area contributed by atoms with Gasteiger partial charge in [0.05, 0.1) is 0 Å². The van der Waals surface area contributed by atoms with E-state index in [0.717, 1.165) is 0 Å². The normalized spacial score (nSPS) is 9.27. The maximum Gasteiger partial charge on any atom is 0.335 e. The molecule has 4 nitrogen and oxygen atoms in total. The fraction of sp³-hybridized carbons (Fsp3) is 0.571. The Labute approximate surface area is 66.0 Å². The minimum absolute atomic E-state index is 0.0393. The number of methoxy groups -OCH3 is 1. The molecular formula is C7H13NO3. The lowest BCUT2D eigenvalue weighted by Crippen LogP contribution is -2.12. The molecule has 0 aromatic rings. The first kappa shape index (κ1) is 10.1. The first-order valence-electron chi connectivity index (χ1n) is 3.26. The lowest BCUT2D eigenvalue weighted by molar-refractivity contribution is -0.149. The van der Waals surface area contributed by atoms with Crippen LogP contribution in [0.4, 0.5) is 0 Å². The molecule has 0 aliphatic rings. The third kappa shape index (κ3) is 4.52. The molecule has 0 unspecified atom stereocenters. The van der Waals surface area contributed by atoms with E-state index in [0.29, 0.717) is 18.5 Å². The van der Waals surface area contributed by atoms with Gasteiger partial charge >= 0.3 is 5.97 Å². The molecule has 0 aromatic carbocycles. The molecule has 4 heteroatoms. The largest absolute Gasteiger partial charge is 0.435 e. The first-order chi connectivity index (χ1) is 5.22. The Kier molecular flexibility index (Phi) is 5.42. The van der Waals surface area contributed by atoms with Gasteiger partial charge in [-0.1, -0.05) is 6.58 Å². The van der Waals surface area contributed by atoms with Crippen molar-refractivity contribution in [1.29, 1.82) is 0 Å². The quantitative estimate of drug-likeness (QED) is 0.349. The molecular weight excluding hydrogens is 146 g/mol. The lowest BCUT2D eigenvalue weighted by atomic mass is 10.2. The lowest BCUT2D eigenvalue weighted by Gasteiger charge is -2.03. The van der Waals surface area contributed by atoms with Crippen molar-refractivity contribution in [2.24, 2.45) is 5.73 Å². The molecule has 0 atom stereocenters.